The zero-order chi connectivity index (χ0) is 14.0. The molecule has 2 rings (SSSR count). The normalized spacial score (nSPS) is 19.0. The second-order valence-corrected chi connectivity index (χ2v) is 4.12. The Labute approximate surface area is 107 Å². The van der Waals surface area contributed by atoms with Gasteiger partial charge in [0.2, 0.25) is 5.91 Å². The highest BCUT2D eigenvalue weighted by atomic mass is 19.3. The number of rotatable bonds is 4. The molecule has 0 spiro atoms. The Bertz CT molecular complexity index is 506. The highest BCUT2D eigenvalue weighted by molar-refractivity contribution is 5.99. The molecule has 1 aliphatic rings. The molecule has 0 aliphatic carbocycles. The molecule has 1 N–H and O–H groups in total. The molecule has 1 unspecified atom stereocenters. The van der Waals surface area contributed by atoms with Crippen molar-refractivity contribution in [3.05, 3.63) is 24.3 Å². The van der Waals surface area contributed by atoms with Crippen LogP contribution in [0.1, 0.15) is 6.42 Å². The maximum absolute atomic E-state index is 12.1. The first-order valence-electron chi connectivity index (χ1n) is 5.55. The summed E-state index contributed by atoms with van der Waals surface area (Å²) in [5.74, 6) is -2.23. The summed E-state index contributed by atoms with van der Waals surface area (Å²) in [5.41, 5.74) is 0.354. The molecule has 5 nitrogen and oxygen atoms in total. The summed E-state index contributed by atoms with van der Waals surface area (Å²) in [7, 11) is 0. The molecule has 1 atom stereocenters. The fourth-order valence-electron chi connectivity index (χ4n) is 1.95. The lowest BCUT2D eigenvalue weighted by molar-refractivity contribution is -0.141. The lowest BCUT2D eigenvalue weighted by atomic mass is 10.1. The third kappa shape index (κ3) is 2.98. The number of benzene rings is 1. The van der Waals surface area contributed by atoms with Gasteiger partial charge in [-0.1, -0.05) is 6.07 Å². The number of carbonyl (C=O) groups excluding carboxylic acids is 1. The van der Waals surface area contributed by atoms with Crippen LogP contribution in [0.3, 0.4) is 0 Å². The van der Waals surface area contributed by atoms with Gasteiger partial charge in [0.05, 0.1) is 5.92 Å². The number of alkyl halides is 2. The second kappa shape index (κ2) is 5.21. The van der Waals surface area contributed by atoms with Crippen LogP contribution in [0, 0.1) is 5.92 Å². The minimum atomic E-state index is -2.95. The molecule has 102 valence electrons. The zero-order valence-corrected chi connectivity index (χ0v) is 9.75. The Morgan fingerprint density at radius 3 is 2.79 bits per heavy atom. The van der Waals surface area contributed by atoms with E-state index in [1.54, 1.807) is 6.07 Å². The Morgan fingerprint density at radius 1 is 1.47 bits per heavy atom. The number of halogens is 2. The van der Waals surface area contributed by atoms with Gasteiger partial charge in [0.1, 0.15) is 5.75 Å². The van der Waals surface area contributed by atoms with E-state index in [2.05, 4.69) is 4.74 Å². The SMILES string of the molecule is O=C(O)C1CC(=O)N(c2cccc(OC(F)F)c2)C1. The van der Waals surface area contributed by atoms with E-state index in [4.69, 9.17) is 5.11 Å². The quantitative estimate of drug-likeness (QED) is 0.905. The number of hydrogen-bond donors (Lipinski definition) is 1. The lowest BCUT2D eigenvalue weighted by Crippen LogP contribution is -2.25. The summed E-state index contributed by atoms with van der Waals surface area (Å²) < 4.78 is 28.4. The number of amides is 1. The van der Waals surface area contributed by atoms with E-state index in [0.717, 1.165) is 0 Å². The van der Waals surface area contributed by atoms with Crippen molar-refractivity contribution in [2.24, 2.45) is 5.92 Å². The van der Waals surface area contributed by atoms with Crippen LogP contribution < -0.4 is 9.64 Å². The van der Waals surface area contributed by atoms with Gasteiger partial charge in [-0.3, -0.25) is 9.59 Å². The van der Waals surface area contributed by atoms with Gasteiger partial charge in [-0.15, -0.1) is 0 Å². The smallest absolute Gasteiger partial charge is 0.387 e. The van der Waals surface area contributed by atoms with E-state index < -0.39 is 18.5 Å². The molecule has 0 bridgehead atoms. The monoisotopic (exact) mass is 271 g/mol. The Balaban J connectivity index is 2.18. The average molecular weight is 271 g/mol. The molecule has 0 radical (unpaired) electrons. The number of ether oxygens (including phenoxy) is 1. The molecule has 1 aromatic carbocycles. The van der Waals surface area contributed by atoms with Crippen molar-refractivity contribution in [2.45, 2.75) is 13.0 Å². The third-order valence-corrected chi connectivity index (χ3v) is 2.83. The number of aliphatic carboxylic acids is 1. The molecule has 1 fully saturated rings. The highest BCUT2D eigenvalue weighted by Crippen LogP contribution is 2.28. The Morgan fingerprint density at radius 2 is 2.21 bits per heavy atom. The number of hydrogen-bond acceptors (Lipinski definition) is 3. The van der Waals surface area contributed by atoms with Gasteiger partial charge >= 0.3 is 12.6 Å². The topological polar surface area (TPSA) is 66.8 Å². The van der Waals surface area contributed by atoms with Crippen LogP contribution in [-0.4, -0.2) is 30.1 Å². The maximum atomic E-state index is 12.1. The fraction of sp³-hybridized carbons (Fsp3) is 0.333. The van der Waals surface area contributed by atoms with Crippen LogP contribution in [0.4, 0.5) is 14.5 Å². The summed E-state index contributed by atoms with van der Waals surface area (Å²) >= 11 is 0. The molecule has 1 amide bonds. The first-order valence-corrected chi connectivity index (χ1v) is 5.55. The predicted molar refractivity (Wildman–Crippen MR) is 61.2 cm³/mol. The van der Waals surface area contributed by atoms with Gasteiger partial charge < -0.3 is 14.7 Å². The number of nitrogens with zero attached hydrogens (tertiary/aromatic N) is 1. The molecule has 1 aromatic rings. The summed E-state index contributed by atoms with van der Waals surface area (Å²) in [6, 6.07) is 5.63. The summed E-state index contributed by atoms with van der Waals surface area (Å²) in [5, 5.41) is 8.87. The van der Waals surface area contributed by atoms with Crippen molar-refractivity contribution in [1.82, 2.24) is 0 Å². The van der Waals surface area contributed by atoms with Gasteiger partial charge in [0, 0.05) is 24.7 Å². The van der Waals surface area contributed by atoms with Crippen LogP contribution in [0.15, 0.2) is 24.3 Å². The number of carboxylic acids is 1. The van der Waals surface area contributed by atoms with E-state index in [1.165, 1.54) is 23.1 Å². The lowest BCUT2D eigenvalue weighted by Gasteiger charge is -2.17. The molecular weight excluding hydrogens is 260 g/mol. The summed E-state index contributed by atoms with van der Waals surface area (Å²) in [4.78, 5) is 23.8. The number of anilines is 1. The van der Waals surface area contributed by atoms with Gasteiger partial charge in [-0.25, -0.2) is 0 Å². The Kier molecular flexibility index (Phi) is 3.64. The van der Waals surface area contributed by atoms with Gasteiger partial charge in [0.15, 0.2) is 0 Å². The van der Waals surface area contributed by atoms with E-state index >= 15 is 0 Å². The fourth-order valence-corrected chi connectivity index (χ4v) is 1.95. The van der Waals surface area contributed by atoms with E-state index in [0.29, 0.717) is 5.69 Å². The first kappa shape index (κ1) is 13.3. The highest BCUT2D eigenvalue weighted by Gasteiger charge is 2.35. The van der Waals surface area contributed by atoms with Crippen molar-refractivity contribution in [3.63, 3.8) is 0 Å². The van der Waals surface area contributed by atoms with Crippen molar-refractivity contribution in [1.29, 1.82) is 0 Å². The van der Waals surface area contributed by atoms with E-state index in [1.807, 2.05) is 0 Å². The van der Waals surface area contributed by atoms with Crippen LogP contribution in [-0.2, 0) is 9.59 Å². The summed E-state index contributed by atoms with van der Waals surface area (Å²) in [6.45, 7) is -2.91. The second-order valence-electron chi connectivity index (χ2n) is 4.12. The molecule has 1 heterocycles. The maximum Gasteiger partial charge on any atom is 0.387 e. The minimum absolute atomic E-state index is 0.0340. The molecule has 0 aromatic heterocycles. The van der Waals surface area contributed by atoms with Crippen LogP contribution in [0.2, 0.25) is 0 Å². The number of carbonyl (C=O) groups is 2. The Hall–Kier alpha value is -2.18. The standard InChI is InChI=1S/C12H11F2NO4/c13-12(14)19-9-3-1-2-8(5-9)15-6-7(11(17)18)4-10(15)16/h1-3,5,7,12H,4,6H2,(H,17,18). The van der Waals surface area contributed by atoms with Crippen LogP contribution in [0.5, 0.6) is 5.75 Å². The first-order chi connectivity index (χ1) is 8.97. The molecule has 19 heavy (non-hydrogen) atoms. The third-order valence-electron chi connectivity index (χ3n) is 2.83. The molecular formula is C12H11F2NO4. The van der Waals surface area contributed by atoms with Gasteiger partial charge in [-0.05, 0) is 12.1 Å². The number of carboxylic acid groups (broad SMARTS) is 1. The average Bonchev–Trinajstić information content (AvgIpc) is 2.71. The van der Waals surface area contributed by atoms with Crippen molar-refractivity contribution < 1.29 is 28.2 Å². The van der Waals surface area contributed by atoms with Gasteiger partial charge in [-0.2, -0.15) is 8.78 Å². The van der Waals surface area contributed by atoms with Crippen LogP contribution >= 0.6 is 0 Å². The van der Waals surface area contributed by atoms with Crippen LogP contribution in [0.25, 0.3) is 0 Å². The zero-order valence-electron chi connectivity index (χ0n) is 9.75. The van der Waals surface area contributed by atoms with E-state index in [9.17, 15) is 18.4 Å². The van der Waals surface area contributed by atoms with Crippen molar-refractivity contribution >= 4 is 17.6 Å². The van der Waals surface area contributed by atoms with Crippen molar-refractivity contribution in [3.8, 4) is 5.75 Å². The molecule has 1 saturated heterocycles. The van der Waals surface area contributed by atoms with Gasteiger partial charge in [0.25, 0.3) is 0 Å². The van der Waals surface area contributed by atoms with E-state index in [-0.39, 0.29) is 24.6 Å². The molecule has 1 aliphatic heterocycles. The minimum Gasteiger partial charge on any atom is -0.481 e. The molecule has 0 saturated carbocycles. The largest absolute Gasteiger partial charge is 0.481 e. The predicted octanol–water partition coefficient (Wildman–Crippen LogP) is 1.73. The summed E-state index contributed by atoms with van der Waals surface area (Å²) in [6.07, 6.45) is -0.0880. The van der Waals surface area contributed by atoms with Crippen molar-refractivity contribution in [2.75, 3.05) is 11.4 Å². The molecule has 7 heteroatoms.